The van der Waals surface area contributed by atoms with Crippen LogP contribution in [0.1, 0.15) is 43.0 Å². The molecule has 162 valence electrons. The summed E-state index contributed by atoms with van der Waals surface area (Å²) in [7, 11) is 0. The molecule has 0 radical (unpaired) electrons. The molecule has 6 nitrogen and oxygen atoms in total. The van der Waals surface area contributed by atoms with Crippen molar-refractivity contribution in [1.82, 2.24) is 14.7 Å². The largest absolute Gasteiger partial charge is 0.356 e. The second-order valence-corrected chi connectivity index (χ2v) is 9.38. The van der Waals surface area contributed by atoms with Gasteiger partial charge in [0.25, 0.3) is 0 Å². The number of carbonyl (C=O) groups excluding carboxylic acids is 1. The van der Waals surface area contributed by atoms with Crippen LogP contribution in [0.25, 0.3) is 0 Å². The lowest BCUT2D eigenvalue weighted by Crippen LogP contribution is -2.44. The third-order valence-electron chi connectivity index (χ3n) is 6.89. The summed E-state index contributed by atoms with van der Waals surface area (Å²) in [4.78, 5) is 19.9. The van der Waals surface area contributed by atoms with Gasteiger partial charge >= 0.3 is 0 Å². The molecule has 1 spiro atoms. The molecular formula is C22H22Cl2FN5O. The van der Waals surface area contributed by atoms with Crippen LogP contribution in [0.3, 0.4) is 0 Å². The molecule has 2 aromatic rings. The molecule has 5 rings (SSSR count). The van der Waals surface area contributed by atoms with E-state index in [1.54, 1.807) is 22.9 Å². The summed E-state index contributed by atoms with van der Waals surface area (Å²) in [5.41, 5.74) is 8.08. The minimum Gasteiger partial charge on any atom is -0.356 e. The number of benzene rings is 1. The highest BCUT2D eigenvalue weighted by molar-refractivity contribution is 6.43. The molecule has 1 aromatic heterocycles. The van der Waals surface area contributed by atoms with Crippen molar-refractivity contribution in [2.75, 3.05) is 13.1 Å². The summed E-state index contributed by atoms with van der Waals surface area (Å²) in [6, 6.07) is 4.91. The van der Waals surface area contributed by atoms with Gasteiger partial charge in [0.05, 0.1) is 33.9 Å². The second-order valence-electron chi connectivity index (χ2n) is 8.60. The van der Waals surface area contributed by atoms with Crippen molar-refractivity contribution in [3.63, 3.8) is 0 Å². The van der Waals surface area contributed by atoms with Gasteiger partial charge in [0.15, 0.2) is 11.6 Å². The molecule has 9 heteroatoms. The molecule has 0 aliphatic carbocycles. The van der Waals surface area contributed by atoms with Gasteiger partial charge in [-0.25, -0.2) is 9.38 Å². The van der Waals surface area contributed by atoms with Gasteiger partial charge in [-0.05, 0) is 31.4 Å². The van der Waals surface area contributed by atoms with Crippen molar-refractivity contribution in [1.29, 1.82) is 0 Å². The predicted molar refractivity (Wildman–Crippen MR) is 118 cm³/mol. The quantitative estimate of drug-likeness (QED) is 0.730. The molecule has 3 aliphatic rings. The number of aromatic nitrogens is 2. The SMILES string of the molecule is CC1=NC(N2CCC3(CC2)Cn2ncc(F)c2C3N)=CC(=O)[C@H]1c1cccc(Cl)c1Cl. The van der Waals surface area contributed by atoms with Gasteiger partial charge in [0, 0.05) is 36.8 Å². The van der Waals surface area contributed by atoms with Crippen LogP contribution in [0, 0.1) is 11.2 Å². The number of nitrogens with zero attached hydrogens (tertiary/aromatic N) is 4. The van der Waals surface area contributed by atoms with E-state index in [1.807, 2.05) is 13.0 Å². The maximum atomic E-state index is 14.1. The third-order valence-corrected chi connectivity index (χ3v) is 7.73. The number of rotatable bonds is 2. The Balaban J connectivity index is 1.33. The normalized spacial score (nSPS) is 24.9. The lowest BCUT2D eigenvalue weighted by atomic mass is 9.73. The summed E-state index contributed by atoms with van der Waals surface area (Å²) >= 11 is 12.5. The number of piperidine rings is 1. The maximum absolute atomic E-state index is 14.1. The standard InChI is InChI=1S/C22H22Cl2FN5O/c1-12-18(13-3-2-4-14(23)19(13)24)16(31)9-17(28-12)29-7-5-22(6-8-29)11-30-20(21(22)26)15(25)10-27-30/h2-4,9-10,18,21H,5-8,11,26H2,1H3/t18-,21?/m1/s1. The Labute approximate surface area is 189 Å². The number of carbonyl (C=O) groups is 1. The van der Waals surface area contributed by atoms with Crippen molar-refractivity contribution < 1.29 is 9.18 Å². The Morgan fingerprint density at radius 1 is 1.26 bits per heavy atom. The lowest BCUT2D eigenvalue weighted by molar-refractivity contribution is -0.114. The summed E-state index contributed by atoms with van der Waals surface area (Å²) < 4.78 is 15.8. The molecular weight excluding hydrogens is 440 g/mol. The second kappa shape index (κ2) is 7.43. The fourth-order valence-electron chi connectivity index (χ4n) is 5.12. The van der Waals surface area contributed by atoms with E-state index < -0.39 is 5.92 Å². The first-order valence-electron chi connectivity index (χ1n) is 10.3. The topological polar surface area (TPSA) is 76.5 Å². The molecule has 31 heavy (non-hydrogen) atoms. The number of hydrogen-bond donors (Lipinski definition) is 1. The van der Waals surface area contributed by atoms with Crippen molar-refractivity contribution in [2.24, 2.45) is 16.1 Å². The summed E-state index contributed by atoms with van der Waals surface area (Å²) in [5.74, 6) is -0.276. The Bertz CT molecular complexity index is 1130. The summed E-state index contributed by atoms with van der Waals surface area (Å²) in [6.45, 7) is 3.85. The van der Waals surface area contributed by atoms with E-state index in [0.29, 0.717) is 52.5 Å². The van der Waals surface area contributed by atoms with E-state index in [2.05, 4.69) is 10.00 Å². The average Bonchev–Trinajstić information content (AvgIpc) is 3.22. The first-order valence-corrected chi connectivity index (χ1v) is 11.0. The number of allylic oxidation sites excluding steroid dienone is 1. The Hall–Kier alpha value is -2.22. The number of halogens is 3. The van der Waals surface area contributed by atoms with Gasteiger partial charge in [0.2, 0.25) is 0 Å². The molecule has 4 heterocycles. The van der Waals surface area contributed by atoms with Crippen LogP contribution in [-0.2, 0) is 11.3 Å². The van der Waals surface area contributed by atoms with Crippen molar-refractivity contribution in [2.45, 2.75) is 38.3 Å². The third kappa shape index (κ3) is 3.22. The summed E-state index contributed by atoms with van der Waals surface area (Å²) in [5, 5.41) is 4.93. The zero-order chi connectivity index (χ0) is 21.9. The number of nitrogens with two attached hydrogens (primary N) is 1. The van der Waals surface area contributed by atoms with Crippen molar-refractivity contribution in [3.8, 4) is 0 Å². The highest BCUT2D eigenvalue weighted by Gasteiger charge is 2.48. The number of likely N-dealkylation sites (tertiary alicyclic amines) is 1. The molecule has 2 atom stereocenters. The maximum Gasteiger partial charge on any atom is 0.172 e. The number of hydrogen-bond acceptors (Lipinski definition) is 5. The van der Waals surface area contributed by atoms with Crippen LogP contribution in [0.2, 0.25) is 10.0 Å². The Kier molecular flexibility index (Phi) is 4.95. The Morgan fingerprint density at radius 3 is 2.68 bits per heavy atom. The first-order chi connectivity index (χ1) is 14.8. The van der Waals surface area contributed by atoms with Gasteiger partial charge in [-0.2, -0.15) is 5.10 Å². The molecule has 0 saturated carbocycles. The van der Waals surface area contributed by atoms with E-state index >= 15 is 0 Å². The predicted octanol–water partition coefficient (Wildman–Crippen LogP) is 4.09. The van der Waals surface area contributed by atoms with Crippen LogP contribution < -0.4 is 5.73 Å². The highest BCUT2D eigenvalue weighted by Crippen LogP contribution is 2.49. The van der Waals surface area contributed by atoms with E-state index in [4.69, 9.17) is 33.9 Å². The fraction of sp³-hybridized carbons (Fsp3) is 0.409. The number of aliphatic imine (C=N–C) groups is 1. The molecule has 0 amide bonds. The molecule has 1 aromatic carbocycles. The molecule has 1 fully saturated rings. The number of fused-ring (bicyclic) bond motifs is 1. The van der Waals surface area contributed by atoms with Crippen molar-refractivity contribution in [3.05, 3.63) is 63.4 Å². The van der Waals surface area contributed by atoms with Crippen LogP contribution in [0.15, 0.2) is 41.3 Å². The summed E-state index contributed by atoms with van der Waals surface area (Å²) in [6.07, 6.45) is 4.38. The van der Waals surface area contributed by atoms with E-state index in [1.165, 1.54) is 6.20 Å². The van der Waals surface area contributed by atoms with E-state index in [0.717, 1.165) is 12.8 Å². The highest BCUT2D eigenvalue weighted by atomic mass is 35.5. The molecule has 0 bridgehead atoms. The minimum absolute atomic E-state index is 0.0632. The smallest absolute Gasteiger partial charge is 0.172 e. The van der Waals surface area contributed by atoms with Gasteiger partial charge in [-0.1, -0.05) is 35.3 Å². The van der Waals surface area contributed by atoms with Gasteiger partial charge in [-0.15, -0.1) is 0 Å². The van der Waals surface area contributed by atoms with Crippen LogP contribution in [0.5, 0.6) is 0 Å². The molecule has 3 aliphatic heterocycles. The zero-order valence-corrected chi connectivity index (χ0v) is 18.5. The van der Waals surface area contributed by atoms with Gasteiger partial charge < -0.3 is 10.6 Å². The van der Waals surface area contributed by atoms with Crippen molar-refractivity contribution >= 4 is 34.7 Å². The monoisotopic (exact) mass is 461 g/mol. The zero-order valence-electron chi connectivity index (χ0n) is 17.0. The first kappa shape index (κ1) is 20.7. The Morgan fingerprint density at radius 2 is 2.00 bits per heavy atom. The number of ketones is 1. The minimum atomic E-state index is -0.533. The van der Waals surface area contributed by atoms with Gasteiger partial charge in [0.1, 0.15) is 5.82 Å². The average molecular weight is 462 g/mol. The lowest BCUT2D eigenvalue weighted by Gasteiger charge is -2.42. The van der Waals surface area contributed by atoms with E-state index in [-0.39, 0.29) is 23.1 Å². The van der Waals surface area contributed by atoms with Crippen LogP contribution >= 0.6 is 23.2 Å². The molecule has 1 unspecified atom stereocenters. The molecule has 2 N–H and O–H groups in total. The van der Waals surface area contributed by atoms with E-state index in [9.17, 15) is 9.18 Å². The van der Waals surface area contributed by atoms with Crippen LogP contribution in [-0.4, -0.2) is 39.3 Å². The van der Waals surface area contributed by atoms with Gasteiger partial charge in [-0.3, -0.25) is 9.48 Å². The molecule has 1 saturated heterocycles. The van der Waals surface area contributed by atoms with Crippen LogP contribution in [0.4, 0.5) is 4.39 Å². The fourth-order valence-corrected chi connectivity index (χ4v) is 5.54.